The fourth-order valence-electron chi connectivity index (χ4n) is 2.65. The lowest BCUT2D eigenvalue weighted by molar-refractivity contribution is 1.12. The van der Waals surface area contributed by atoms with Gasteiger partial charge in [0.15, 0.2) is 0 Å². The van der Waals surface area contributed by atoms with Gasteiger partial charge in [-0.3, -0.25) is 0 Å². The minimum absolute atomic E-state index is 0.958. The van der Waals surface area contributed by atoms with E-state index in [-0.39, 0.29) is 0 Å². The van der Waals surface area contributed by atoms with E-state index < -0.39 is 0 Å². The van der Waals surface area contributed by atoms with Gasteiger partial charge in [0.05, 0.1) is 10.2 Å². The number of hydrogen-bond donors (Lipinski definition) is 0. The van der Waals surface area contributed by atoms with Crippen LogP contribution in [-0.4, -0.2) is 19.1 Å². The van der Waals surface area contributed by atoms with Gasteiger partial charge in [0.1, 0.15) is 10.4 Å². The van der Waals surface area contributed by atoms with Crippen LogP contribution in [0.4, 0.5) is 5.69 Å². The maximum absolute atomic E-state index is 8.73. The molecular weight excluding hydrogens is 322 g/mol. The summed E-state index contributed by atoms with van der Waals surface area (Å²) in [5.41, 5.74) is 5.90. The van der Waals surface area contributed by atoms with Crippen LogP contribution < -0.4 is 4.90 Å². The van der Waals surface area contributed by atoms with Crippen molar-refractivity contribution >= 4 is 39.0 Å². The lowest BCUT2D eigenvalue weighted by Crippen LogP contribution is -2.10. The minimum atomic E-state index is 0.958. The van der Waals surface area contributed by atoms with E-state index in [1.807, 2.05) is 24.3 Å². The molecule has 0 atom stereocenters. The molecule has 3 nitrogen and oxygen atoms in total. The van der Waals surface area contributed by atoms with Gasteiger partial charge in [-0.05, 0) is 54.9 Å². The summed E-state index contributed by atoms with van der Waals surface area (Å²) in [6.45, 7) is 4.27. The van der Waals surface area contributed by atoms with Crippen LogP contribution in [0, 0.1) is 24.5 Å². The number of fused-ring (bicyclic) bond motifs is 1. The van der Waals surface area contributed by atoms with Gasteiger partial charge in [-0.1, -0.05) is 12.1 Å². The van der Waals surface area contributed by atoms with Gasteiger partial charge in [-0.2, -0.15) is 5.26 Å². The Balaban J connectivity index is 2.11. The Morgan fingerprint density at radius 3 is 2.48 bits per heavy atom. The predicted octanol–water partition coefficient (Wildman–Crippen LogP) is 5.22. The number of thiazole rings is 1. The molecule has 0 saturated heterocycles. The fourth-order valence-corrected chi connectivity index (χ4v) is 4.17. The van der Waals surface area contributed by atoms with Crippen LogP contribution in [0.3, 0.4) is 0 Å². The molecule has 0 aliphatic rings. The second-order valence-corrected chi connectivity index (χ2v) is 7.50. The summed E-state index contributed by atoms with van der Waals surface area (Å²) in [5.74, 6) is 0. The standard InChI is InChI=1S/C18H17N3S2/c1-11-9-15(21(3)4)12(2)17-16(11)20-18(23-17)13-5-7-14(8-6-13)22-10-19/h5-9H,1-4H3. The van der Waals surface area contributed by atoms with Crippen molar-refractivity contribution in [2.45, 2.75) is 18.7 Å². The normalized spacial score (nSPS) is 10.7. The largest absolute Gasteiger partial charge is 0.377 e. The number of aryl methyl sites for hydroxylation is 2. The summed E-state index contributed by atoms with van der Waals surface area (Å²) in [7, 11) is 4.14. The number of nitriles is 1. The monoisotopic (exact) mass is 339 g/mol. The zero-order valence-electron chi connectivity index (χ0n) is 13.5. The maximum Gasteiger partial charge on any atom is 0.138 e. The van der Waals surface area contributed by atoms with Crippen LogP contribution in [0.2, 0.25) is 0 Å². The Morgan fingerprint density at radius 2 is 1.87 bits per heavy atom. The lowest BCUT2D eigenvalue weighted by atomic mass is 10.1. The number of nitrogens with zero attached hydrogens (tertiary/aromatic N) is 3. The second-order valence-electron chi connectivity index (χ2n) is 5.65. The number of hydrogen-bond acceptors (Lipinski definition) is 5. The van der Waals surface area contributed by atoms with Gasteiger partial charge in [-0.15, -0.1) is 11.3 Å². The van der Waals surface area contributed by atoms with E-state index >= 15 is 0 Å². The third-order valence-corrected chi connectivity index (χ3v) is 5.65. The molecular formula is C18H17N3S2. The number of anilines is 1. The Labute approximate surface area is 144 Å². The molecule has 116 valence electrons. The molecule has 0 bridgehead atoms. The van der Waals surface area contributed by atoms with Crippen LogP contribution in [0.15, 0.2) is 35.2 Å². The summed E-state index contributed by atoms with van der Waals surface area (Å²) in [6, 6.07) is 10.2. The number of benzene rings is 2. The fraction of sp³-hybridized carbons (Fsp3) is 0.222. The second kappa shape index (κ2) is 6.23. The summed E-state index contributed by atoms with van der Waals surface area (Å²) < 4.78 is 1.25. The number of rotatable bonds is 3. The molecule has 0 aliphatic carbocycles. The summed E-state index contributed by atoms with van der Waals surface area (Å²) in [5, 5.41) is 11.9. The van der Waals surface area contributed by atoms with Crippen LogP contribution in [0.25, 0.3) is 20.8 Å². The molecule has 0 radical (unpaired) electrons. The first-order valence-electron chi connectivity index (χ1n) is 7.25. The highest BCUT2D eigenvalue weighted by atomic mass is 32.2. The van der Waals surface area contributed by atoms with Gasteiger partial charge >= 0.3 is 0 Å². The number of thiocyanates is 1. The van der Waals surface area contributed by atoms with Gasteiger partial charge in [0.2, 0.25) is 0 Å². The molecule has 23 heavy (non-hydrogen) atoms. The highest BCUT2D eigenvalue weighted by Crippen LogP contribution is 2.38. The molecule has 0 amide bonds. The van der Waals surface area contributed by atoms with Crippen molar-refractivity contribution in [1.29, 1.82) is 5.26 Å². The smallest absolute Gasteiger partial charge is 0.138 e. The minimum Gasteiger partial charge on any atom is -0.377 e. The third-order valence-electron chi connectivity index (χ3n) is 3.83. The molecule has 3 aromatic rings. The number of thioether (sulfide) groups is 1. The highest BCUT2D eigenvalue weighted by molar-refractivity contribution is 8.03. The molecule has 0 aliphatic heterocycles. The molecule has 0 unspecified atom stereocenters. The van der Waals surface area contributed by atoms with Crippen LogP contribution in [0.1, 0.15) is 11.1 Å². The average molecular weight is 339 g/mol. The van der Waals surface area contributed by atoms with E-state index in [1.54, 1.807) is 11.3 Å². The van der Waals surface area contributed by atoms with Crippen LogP contribution in [0.5, 0.6) is 0 Å². The molecule has 5 heteroatoms. The van der Waals surface area contributed by atoms with Gasteiger partial charge in [0.25, 0.3) is 0 Å². The van der Waals surface area contributed by atoms with Crippen molar-refractivity contribution in [3.8, 4) is 16.0 Å². The van der Waals surface area contributed by atoms with Crippen molar-refractivity contribution in [1.82, 2.24) is 4.98 Å². The SMILES string of the molecule is Cc1cc(N(C)C)c(C)c2sc(-c3ccc(SC#N)cc3)nc12. The first-order chi connectivity index (χ1) is 11.0. The van der Waals surface area contributed by atoms with E-state index in [0.29, 0.717) is 0 Å². The zero-order chi connectivity index (χ0) is 16.6. The lowest BCUT2D eigenvalue weighted by Gasteiger charge is -2.16. The van der Waals surface area contributed by atoms with E-state index in [9.17, 15) is 0 Å². The molecule has 1 heterocycles. The topological polar surface area (TPSA) is 39.9 Å². The molecule has 3 rings (SSSR count). The van der Waals surface area contributed by atoms with Crippen molar-refractivity contribution in [3.05, 3.63) is 41.5 Å². The van der Waals surface area contributed by atoms with Crippen molar-refractivity contribution in [3.63, 3.8) is 0 Å². The third kappa shape index (κ3) is 2.92. The van der Waals surface area contributed by atoms with Crippen molar-refractivity contribution in [2.24, 2.45) is 0 Å². The average Bonchev–Trinajstić information content (AvgIpc) is 2.98. The van der Waals surface area contributed by atoms with E-state index in [0.717, 1.165) is 21.0 Å². The Hall–Kier alpha value is -2.03. The van der Waals surface area contributed by atoms with Crippen LogP contribution in [-0.2, 0) is 0 Å². The van der Waals surface area contributed by atoms with Gasteiger partial charge in [-0.25, -0.2) is 4.98 Å². The Kier molecular flexibility index (Phi) is 4.29. The highest BCUT2D eigenvalue weighted by Gasteiger charge is 2.14. The first kappa shape index (κ1) is 15.9. The molecule has 2 aromatic carbocycles. The first-order valence-corrected chi connectivity index (χ1v) is 8.89. The summed E-state index contributed by atoms with van der Waals surface area (Å²) in [6.07, 6.45) is 0. The molecule has 1 aromatic heterocycles. The van der Waals surface area contributed by atoms with Crippen molar-refractivity contribution < 1.29 is 0 Å². The maximum atomic E-state index is 8.73. The zero-order valence-corrected chi connectivity index (χ0v) is 15.2. The molecule has 0 spiro atoms. The Bertz CT molecular complexity index is 903. The predicted molar refractivity (Wildman–Crippen MR) is 100 cm³/mol. The molecule has 0 saturated carbocycles. The van der Waals surface area contributed by atoms with Crippen LogP contribution >= 0.6 is 23.1 Å². The van der Waals surface area contributed by atoms with E-state index in [1.165, 1.54) is 33.3 Å². The van der Waals surface area contributed by atoms with Crippen molar-refractivity contribution in [2.75, 3.05) is 19.0 Å². The van der Waals surface area contributed by atoms with Gasteiger partial charge in [0, 0.05) is 30.2 Å². The van der Waals surface area contributed by atoms with E-state index in [4.69, 9.17) is 10.2 Å². The number of aromatic nitrogens is 1. The quantitative estimate of drug-likeness (QED) is 0.484. The molecule has 0 N–H and O–H groups in total. The summed E-state index contributed by atoms with van der Waals surface area (Å²) in [4.78, 5) is 7.95. The Morgan fingerprint density at radius 1 is 1.17 bits per heavy atom. The molecule has 0 fully saturated rings. The summed E-state index contributed by atoms with van der Waals surface area (Å²) >= 11 is 2.91. The van der Waals surface area contributed by atoms with E-state index in [2.05, 4.69) is 44.3 Å². The van der Waals surface area contributed by atoms with Gasteiger partial charge < -0.3 is 4.90 Å².